The highest BCUT2D eigenvalue weighted by atomic mass is 16.5. The number of ether oxygens (including phenoxy) is 1. The van der Waals surface area contributed by atoms with Gasteiger partial charge in [-0.15, -0.1) is 0 Å². The Balaban J connectivity index is 2.81. The van der Waals surface area contributed by atoms with E-state index in [2.05, 4.69) is 9.84 Å². The number of carbonyl (C=O) groups is 2. The average Bonchev–Trinajstić information content (AvgIpc) is 2.67. The molecule has 7 heteroatoms. The molecule has 0 radical (unpaired) electrons. The molecule has 94 valence electrons. The minimum atomic E-state index is -0.613. The first-order chi connectivity index (χ1) is 7.99. The van der Waals surface area contributed by atoms with Crippen LogP contribution in [0.15, 0.2) is 6.20 Å². The van der Waals surface area contributed by atoms with E-state index in [1.807, 2.05) is 6.92 Å². The number of amides is 1. The number of hydrogen-bond acceptors (Lipinski definition) is 5. The van der Waals surface area contributed by atoms with Gasteiger partial charge in [-0.2, -0.15) is 5.10 Å². The zero-order chi connectivity index (χ0) is 13.0. The first-order valence-electron chi connectivity index (χ1n) is 5.14. The lowest BCUT2D eigenvalue weighted by Gasteiger charge is -2.13. The summed E-state index contributed by atoms with van der Waals surface area (Å²) in [7, 11) is 2.94. The van der Waals surface area contributed by atoms with Gasteiger partial charge in [-0.25, -0.2) is 4.79 Å². The molecular formula is C10H16N4O3. The third-order valence-corrected chi connectivity index (χ3v) is 2.37. The van der Waals surface area contributed by atoms with Crippen LogP contribution < -0.4 is 5.73 Å². The second-order valence-electron chi connectivity index (χ2n) is 3.53. The van der Waals surface area contributed by atoms with Gasteiger partial charge in [0.2, 0.25) is 5.91 Å². The highest BCUT2D eigenvalue weighted by molar-refractivity contribution is 5.92. The second-order valence-corrected chi connectivity index (χ2v) is 3.53. The van der Waals surface area contributed by atoms with Crippen LogP contribution in [0, 0.1) is 0 Å². The molecule has 0 aliphatic carbocycles. The predicted octanol–water partition coefficient (Wildman–Crippen LogP) is -0.270. The van der Waals surface area contributed by atoms with E-state index in [0.29, 0.717) is 6.54 Å². The van der Waals surface area contributed by atoms with E-state index >= 15 is 0 Å². The van der Waals surface area contributed by atoms with Crippen LogP contribution in [0.4, 0.5) is 5.69 Å². The van der Waals surface area contributed by atoms with Crippen LogP contribution in [-0.4, -0.2) is 47.3 Å². The molecule has 2 N–H and O–H groups in total. The fourth-order valence-corrected chi connectivity index (χ4v) is 1.21. The minimum Gasteiger partial charge on any atom is -0.464 e. The predicted molar refractivity (Wildman–Crippen MR) is 61.3 cm³/mol. The van der Waals surface area contributed by atoms with Crippen LogP contribution in [0.5, 0.6) is 0 Å². The number of methoxy groups -OCH3 is 1. The lowest BCUT2D eigenvalue weighted by molar-refractivity contribution is -0.130. The number of hydrogen-bond donors (Lipinski definition) is 1. The summed E-state index contributed by atoms with van der Waals surface area (Å²) in [5, 5.41) is 3.91. The Labute approximate surface area is 99.1 Å². The zero-order valence-corrected chi connectivity index (χ0v) is 10.1. The molecule has 1 rings (SSSR count). The van der Waals surface area contributed by atoms with Crippen molar-refractivity contribution in [3.63, 3.8) is 0 Å². The third-order valence-electron chi connectivity index (χ3n) is 2.37. The number of rotatable bonds is 4. The first kappa shape index (κ1) is 13.0. The highest BCUT2D eigenvalue weighted by Crippen LogP contribution is 2.10. The number of anilines is 1. The van der Waals surface area contributed by atoms with Gasteiger partial charge in [0.1, 0.15) is 6.54 Å². The maximum atomic E-state index is 11.6. The smallest absolute Gasteiger partial charge is 0.360 e. The number of likely N-dealkylation sites (N-methyl/N-ethyl adjacent to an activating group) is 1. The summed E-state index contributed by atoms with van der Waals surface area (Å²) in [5.41, 5.74) is 5.82. The van der Waals surface area contributed by atoms with Crippen molar-refractivity contribution < 1.29 is 14.3 Å². The Morgan fingerprint density at radius 2 is 2.24 bits per heavy atom. The van der Waals surface area contributed by atoms with Gasteiger partial charge in [0.05, 0.1) is 12.8 Å². The third kappa shape index (κ3) is 2.96. The Kier molecular flexibility index (Phi) is 4.08. The number of carbonyl (C=O) groups excluding carboxylic acids is 2. The largest absolute Gasteiger partial charge is 0.464 e. The summed E-state index contributed by atoms with van der Waals surface area (Å²) in [5.74, 6) is -0.719. The summed E-state index contributed by atoms with van der Waals surface area (Å²) < 4.78 is 5.84. The topological polar surface area (TPSA) is 90.5 Å². The molecule has 0 aliphatic rings. The van der Waals surface area contributed by atoms with Gasteiger partial charge in [0.15, 0.2) is 5.69 Å². The Hall–Kier alpha value is -2.05. The molecule has 0 spiro atoms. The summed E-state index contributed by atoms with van der Waals surface area (Å²) in [6.45, 7) is 2.53. The lowest BCUT2D eigenvalue weighted by Crippen LogP contribution is -2.30. The monoisotopic (exact) mass is 240 g/mol. The van der Waals surface area contributed by atoms with Gasteiger partial charge in [0.25, 0.3) is 0 Å². The number of nitrogens with zero attached hydrogens (tertiary/aromatic N) is 3. The molecule has 1 aromatic rings. The van der Waals surface area contributed by atoms with Crippen molar-refractivity contribution in [2.24, 2.45) is 0 Å². The molecule has 0 saturated heterocycles. The van der Waals surface area contributed by atoms with Gasteiger partial charge in [-0.1, -0.05) is 0 Å². The second kappa shape index (κ2) is 5.33. The van der Waals surface area contributed by atoms with Gasteiger partial charge < -0.3 is 15.4 Å². The summed E-state index contributed by atoms with van der Waals surface area (Å²) in [6, 6.07) is 0. The van der Waals surface area contributed by atoms with E-state index in [1.165, 1.54) is 18.0 Å². The zero-order valence-electron chi connectivity index (χ0n) is 10.1. The molecule has 0 bridgehead atoms. The molecule has 17 heavy (non-hydrogen) atoms. The number of nitrogen functional groups attached to an aromatic ring is 1. The molecule has 1 amide bonds. The summed E-state index contributed by atoms with van der Waals surface area (Å²) >= 11 is 0. The average molecular weight is 240 g/mol. The maximum absolute atomic E-state index is 11.6. The van der Waals surface area contributed by atoms with Crippen molar-refractivity contribution in [1.82, 2.24) is 14.7 Å². The SMILES string of the molecule is CCN(C)C(=O)Cn1cc(N)c(C(=O)OC)n1. The molecule has 0 fully saturated rings. The molecule has 0 atom stereocenters. The van der Waals surface area contributed by atoms with Crippen molar-refractivity contribution in [2.75, 3.05) is 26.4 Å². The molecule has 0 aliphatic heterocycles. The molecule has 7 nitrogen and oxygen atoms in total. The molecular weight excluding hydrogens is 224 g/mol. The van der Waals surface area contributed by atoms with E-state index in [9.17, 15) is 9.59 Å². The molecule has 1 aromatic heterocycles. The van der Waals surface area contributed by atoms with E-state index in [4.69, 9.17) is 5.73 Å². The normalized spacial score (nSPS) is 10.1. The van der Waals surface area contributed by atoms with Crippen molar-refractivity contribution >= 4 is 17.6 Å². The number of esters is 1. The molecule has 1 heterocycles. The van der Waals surface area contributed by atoms with Gasteiger partial charge >= 0.3 is 5.97 Å². The van der Waals surface area contributed by atoms with Crippen molar-refractivity contribution in [3.05, 3.63) is 11.9 Å². The highest BCUT2D eigenvalue weighted by Gasteiger charge is 2.16. The van der Waals surface area contributed by atoms with E-state index in [1.54, 1.807) is 11.9 Å². The lowest BCUT2D eigenvalue weighted by atomic mass is 10.4. The fraction of sp³-hybridized carbons (Fsp3) is 0.500. The Morgan fingerprint density at radius 3 is 2.76 bits per heavy atom. The Morgan fingerprint density at radius 1 is 1.59 bits per heavy atom. The molecule has 0 unspecified atom stereocenters. The number of aromatic nitrogens is 2. The van der Waals surface area contributed by atoms with Gasteiger partial charge in [-0.3, -0.25) is 9.48 Å². The van der Waals surface area contributed by atoms with Crippen molar-refractivity contribution in [3.8, 4) is 0 Å². The summed E-state index contributed by atoms with van der Waals surface area (Å²) in [4.78, 5) is 24.4. The maximum Gasteiger partial charge on any atom is 0.360 e. The fourth-order valence-electron chi connectivity index (χ4n) is 1.21. The van der Waals surface area contributed by atoms with Crippen LogP contribution in [0.25, 0.3) is 0 Å². The number of nitrogens with two attached hydrogens (primary N) is 1. The Bertz CT molecular complexity index is 427. The first-order valence-corrected chi connectivity index (χ1v) is 5.14. The van der Waals surface area contributed by atoms with Crippen LogP contribution in [-0.2, 0) is 16.1 Å². The van der Waals surface area contributed by atoms with Crippen molar-refractivity contribution in [1.29, 1.82) is 0 Å². The van der Waals surface area contributed by atoms with Crippen molar-refractivity contribution in [2.45, 2.75) is 13.5 Å². The standard InChI is InChI=1S/C10H16N4O3/c1-4-13(2)8(15)6-14-5-7(11)9(12-14)10(16)17-3/h5H,4,6,11H2,1-3H3. The molecule has 0 saturated carbocycles. The van der Waals surface area contributed by atoms with Gasteiger partial charge in [-0.05, 0) is 6.92 Å². The minimum absolute atomic E-state index is 0.0273. The summed E-state index contributed by atoms with van der Waals surface area (Å²) in [6.07, 6.45) is 1.44. The van der Waals surface area contributed by atoms with E-state index < -0.39 is 5.97 Å². The van der Waals surface area contributed by atoms with Crippen LogP contribution in [0.2, 0.25) is 0 Å². The van der Waals surface area contributed by atoms with Crippen LogP contribution >= 0.6 is 0 Å². The van der Waals surface area contributed by atoms with Gasteiger partial charge in [0, 0.05) is 19.8 Å². The van der Waals surface area contributed by atoms with E-state index in [-0.39, 0.29) is 23.8 Å². The quantitative estimate of drug-likeness (QED) is 0.731. The molecule has 0 aromatic carbocycles. The van der Waals surface area contributed by atoms with Crippen LogP contribution in [0.3, 0.4) is 0 Å². The van der Waals surface area contributed by atoms with E-state index in [0.717, 1.165) is 0 Å². The van der Waals surface area contributed by atoms with Crippen LogP contribution in [0.1, 0.15) is 17.4 Å².